The topological polar surface area (TPSA) is 46.2 Å². The predicted molar refractivity (Wildman–Crippen MR) is 61.5 cm³/mol. The normalized spacial score (nSPS) is 14.8. The summed E-state index contributed by atoms with van der Waals surface area (Å²) >= 11 is 0. The summed E-state index contributed by atoms with van der Waals surface area (Å²) in [6.45, 7) is 9.32. The fraction of sp³-hybridized carbons (Fsp3) is 0.833. The van der Waals surface area contributed by atoms with Crippen molar-refractivity contribution in [3.63, 3.8) is 0 Å². The Morgan fingerprint density at radius 2 is 1.60 bits per heavy atom. The van der Waals surface area contributed by atoms with Crippen LogP contribution in [0, 0.1) is 11.8 Å². The van der Waals surface area contributed by atoms with Crippen LogP contribution in [0.1, 0.15) is 47.5 Å². The van der Waals surface area contributed by atoms with Crippen LogP contribution in [-0.4, -0.2) is 17.7 Å². The zero-order chi connectivity index (χ0) is 12.0. The first kappa shape index (κ1) is 14.1. The van der Waals surface area contributed by atoms with Crippen molar-refractivity contribution in [3.8, 4) is 0 Å². The van der Waals surface area contributed by atoms with Crippen LogP contribution in [0.3, 0.4) is 0 Å². The van der Waals surface area contributed by atoms with Crippen LogP contribution in [0.15, 0.2) is 0 Å². The maximum absolute atomic E-state index is 11.8. The third-order valence-electron chi connectivity index (χ3n) is 3.14. The van der Waals surface area contributed by atoms with Gasteiger partial charge in [-0.25, -0.2) is 0 Å². The van der Waals surface area contributed by atoms with Crippen molar-refractivity contribution in [1.82, 2.24) is 5.32 Å². The van der Waals surface area contributed by atoms with E-state index in [0.29, 0.717) is 5.92 Å². The molecule has 88 valence electrons. The molecule has 2 atom stereocenters. The highest BCUT2D eigenvalue weighted by Gasteiger charge is 2.22. The van der Waals surface area contributed by atoms with Gasteiger partial charge in [-0.15, -0.1) is 0 Å². The maximum atomic E-state index is 11.8. The number of hydrogen-bond donors (Lipinski definition) is 1. The molecule has 0 aliphatic rings. The highest BCUT2D eigenvalue weighted by molar-refractivity contribution is 5.87. The Labute approximate surface area is 92.6 Å². The van der Waals surface area contributed by atoms with E-state index >= 15 is 0 Å². The summed E-state index contributed by atoms with van der Waals surface area (Å²) in [4.78, 5) is 22.7. The molecule has 0 heterocycles. The molecule has 0 spiro atoms. The van der Waals surface area contributed by atoms with Gasteiger partial charge in [0, 0.05) is 5.92 Å². The van der Waals surface area contributed by atoms with Gasteiger partial charge in [0.2, 0.25) is 5.91 Å². The van der Waals surface area contributed by atoms with Crippen molar-refractivity contribution in [3.05, 3.63) is 0 Å². The molecular formula is C12H23NO2. The number of carbonyl (C=O) groups excluding carboxylic acids is 2. The van der Waals surface area contributed by atoms with E-state index in [0.717, 1.165) is 12.8 Å². The van der Waals surface area contributed by atoms with E-state index in [1.165, 1.54) is 6.92 Å². The number of Topliss-reactive ketones (excluding diaryl/α,β-unsaturated/α-hetero) is 1. The minimum absolute atomic E-state index is 0.0000898. The molecule has 2 unspecified atom stereocenters. The summed E-state index contributed by atoms with van der Waals surface area (Å²) in [5.74, 6) is 0.387. The number of ketones is 1. The summed E-state index contributed by atoms with van der Waals surface area (Å²) in [5.41, 5.74) is 0. The minimum atomic E-state index is -0.366. The number of amides is 1. The van der Waals surface area contributed by atoms with E-state index in [2.05, 4.69) is 19.2 Å². The molecule has 0 aromatic carbocycles. The Morgan fingerprint density at radius 3 is 1.93 bits per heavy atom. The third kappa shape index (κ3) is 4.45. The molecule has 0 saturated carbocycles. The zero-order valence-electron chi connectivity index (χ0n) is 10.5. The second-order valence-corrected chi connectivity index (χ2v) is 4.21. The lowest BCUT2D eigenvalue weighted by Gasteiger charge is -2.22. The largest absolute Gasteiger partial charge is 0.346 e. The van der Waals surface area contributed by atoms with E-state index in [-0.39, 0.29) is 23.7 Å². The van der Waals surface area contributed by atoms with Gasteiger partial charge in [-0.05, 0) is 19.8 Å². The number of nitrogens with one attached hydrogen (secondary N) is 1. The molecule has 0 aromatic rings. The molecule has 15 heavy (non-hydrogen) atoms. The van der Waals surface area contributed by atoms with Crippen LogP contribution in [0.2, 0.25) is 0 Å². The van der Waals surface area contributed by atoms with E-state index in [1.54, 1.807) is 6.92 Å². The van der Waals surface area contributed by atoms with Gasteiger partial charge < -0.3 is 5.32 Å². The van der Waals surface area contributed by atoms with Crippen LogP contribution < -0.4 is 5.32 Å². The molecule has 0 radical (unpaired) electrons. The van der Waals surface area contributed by atoms with Crippen molar-refractivity contribution < 1.29 is 9.59 Å². The number of carbonyl (C=O) groups is 2. The molecule has 0 rings (SSSR count). The van der Waals surface area contributed by atoms with Crippen molar-refractivity contribution in [2.75, 3.05) is 0 Å². The Balaban J connectivity index is 4.26. The quantitative estimate of drug-likeness (QED) is 0.735. The second-order valence-electron chi connectivity index (χ2n) is 4.21. The first-order valence-corrected chi connectivity index (χ1v) is 5.74. The molecule has 1 amide bonds. The molecule has 1 N–H and O–H groups in total. The van der Waals surface area contributed by atoms with E-state index < -0.39 is 0 Å². The predicted octanol–water partition coefficient (Wildman–Crippen LogP) is 2.15. The van der Waals surface area contributed by atoms with E-state index in [1.807, 2.05) is 6.92 Å². The fourth-order valence-corrected chi connectivity index (χ4v) is 1.66. The van der Waals surface area contributed by atoms with Gasteiger partial charge in [-0.2, -0.15) is 0 Å². The number of rotatable bonds is 6. The summed E-state index contributed by atoms with van der Waals surface area (Å²) in [5, 5.41) is 2.74. The van der Waals surface area contributed by atoms with Crippen molar-refractivity contribution in [1.29, 1.82) is 0 Å². The molecule has 0 fully saturated rings. The molecule has 3 nitrogen and oxygen atoms in total. The van der Waals surface area contributed by atoms with Crippen LogP contribution in [0.25, 0.3) is 0 Å². The Bertz CT molecular complexity index is 222. The van der Waals surface area contributed by atoms with Crippen LogP contribution in [-0.2, 0) is 9.59 Å². The third-order valence-corrected chi connectivity index (χ3v) is 3.14. The Hall–Kier alpha value is -0.860. The first-order valence-electron chi connectivity index (χ1n) is 5.74. The standard InChI is InChI=1S/C12H23NO2/c1-6-11(7-2)8(3)12(15)13-9(4)10(5)14/h8-9,11H,6-7H2,1-5H3,(H,13,15). The molecule has 0 aliphatic heterocycles. The highest BCUT2D eigenvalue weighted by Crippen LogP contribution is 2.19. The van der Waals surface area contributed by atoms with Crippen LogP contribution in [0.4, 0.5) is 0 Å². The summed E-state index contributed by atoms with van der Waals surface area (Å²) in [7, 11) is 0. The van der Waals surface area contributed by atoms with Crippen molar-refractivity contribution >= 4 is 11.7 Å². The Morgan fingerprint density at radius 1 is 1.13 bits per heavy atom. The summed E-state index contributed by atoms with van der Waals surface area (Å²) in [6.07, 6.45) is 2.00. The lowest BCUT2D eigenvalue weighted by molar-refractivity contribution is -0.130. The molecule has 0 saturated heterocycles. The van der Waals surface area contributed by atoms with Crippen LogP contribution >= 0.6 is 0 Å². The van der Waals surface area contributed by atoms with Crippen molar-refractivity contribution in [2.24, 2.45) is 11.8 Å². The van der Waals surface area contributed by atoms with Gasteiger partial charge in [-0.3, -0.25) is 9.59 Å². The highest BCUT2D eigenvalue weighted by atomic mass is 16.2. The lowest BCUT2D eigenvalue weighted by atomic mass is 9.88. The number of hydrogen-bond acceptors (Lipinski definition) is 2. The molecule has 0 bridgehead atoms. The van der Waals surface area contributed by atoms with Gasteiger partial charge in [0.1, 0.15) is 0 Å². The van der Waals surface area contributed by atoms with Gasteiger partial charge in [0.15, 0.2) is 5.78 Å². The van der Waals surface area contributed by atoms with Gasteiger partial charge in [0.05, 0.1) is 6.04 Å². The molecule has 0 aliphatic carbocycles. The SMILES string of the molecule is CCC(CC)C(C)C(=O)NC(C)C(C)=O. The molecule has 3 heteroatoms. The first-order chi connectivity index (χ1) is 6.93. The van der Waals surface area contributed by atoms with Gasteiger partial charge >= 0.3 is 0 Å². The second kappa shape index (κ2) is 6.59. The zero-order valence-corrected chi connectivity index (χ0v) is 10.5. The molecular weight excluding hydrogens is 190 g/mol. The molecule has 0 aromatic heterocycles. The van der Waals surface area contributed by atoms with E-state index in [9.17, 15) is 9.59 Å². The average Bonchev–Trinajstić information content (AvgIpc) is 2.19. The van der Waals surface area contributed by atoms with Crippen molar-refractivity contribution in [2.45, 2.75) is 53.5 Å². The van der Waals surface area contributed by atoms with Crippen LogP contribution in [0.5, 0.6) is 0 Å². The monoisotopic (exact) mass is 213 g/mol. The average molecular weight is 213 g/mol. The van der Waals surface area contributed by atoms with Gasteiger partial charge in [-0.1, -0.05) is 33.6 Å². The van der Waals surface area contributed by atoms with E-state index in [4.69, 9.17) is 0 Å². The van der Waals surface area contributed by atoms with Gasteiger partial charge in [0.25, 0.3) is 0 Å². The summed E-state index contributed by atoms with van der Waals surface area (Å²) in [6, 6.07) is -0.366. The maximum Gasteiger partial charge on any atom is 0.223 e. The smallest absolute Gasteiger partial charge is 0.223 e. The lowest BCUT2D eigenvalue weighted by Crippen LogP contribution is -2.41. The fourth-order valence-electron chi connectivity index (χ4n) is 1.66. The Kier molecular flexibility index (Phi) is 6.21. The minimum Gasteiger partial charge on any atom is -0.346 e. The summed E-state index contributed by atoms with van der Waals surface area (Å²) < 4.78 is 0.